The van der Waals surface area contributed by atoms with E-state index in [1.165, 1.54) is 0 Å². The van der Waals surface area contributed by atoms with E-state index in [9.17, 15) is 0 Å². The number of hydrogen-bond donors (Lipinski definition) is 1. The van der Waals surface area contributed by atoms with Crippen molar-refractivity contribution in [2.75, 3.05) is 0 Å². The number of nitrogens with one attached hydrogen (secondary N) is 1. The van der Waals surface area contributed by atoms with Gasteiger partial charge in [-0.05, 0) is 26.7 Å². The highest BCUT2D eigenvalue weighted by molar-refractivity contribution is 7.80. The van der Waals surface area contributed by atoms with E-state index in [1.807, 2.05) is 0 Å². The van der Waals surface area contributed by atoms with Crippen LogP contribution < -0.4 is 5.32 Å². The van der Waals surface area contributed by atoms with Crippen molar-refractivity contribution in [3.8, 4) is 0 Å². The van der Waals surface area contributed by atoms with Gasteiger partial charge in [0.1, 0.15) is 0 Å². The van der Waals surface area contributed by atoms with Crippen LogP contribution in [0.15, 0.2) is 0 Å². The summed E-state index contributed by atoms with van der Waals surface area (Å²) in [6.07, 6.45) is 2.16. The first kappa shape index (κ1) is 8.89. The predicted octanol–water partition coefficient (Wildman–Crippen LogP) is 2.11. The second-order valence-corrected chi connectivity index (χ2v) is 2.97. The smallest absolute Gasteiger partial charge is 0.0755 e. The highest BCUT2D eigenvalue weighted by atomic mass is 32.1. The Morgan fingerprint density at radius 1 is 1.56 bits per heavy atom. The van der Waals surface area contributed by atoms with Crippen LogP contribution in [0.25, 0.3) is 0 Å². The normalized spacial score (nSPS) is 9.78. The zero-order valence-electron chi connectivity index (χ0n) is 6.40. The van der Waals surface area contributed by atoms with E-state index in [2.05, 4.69) is 26.1 Å². The lowest BCUT2D eigenvalue weighted by atomic mass is 10.3. The summed E-state index contributed by atoms with van der Waals surface area (Å²) in [5.74, 6) is 0. The van der Waals surface area contributed by atoms with Crippen LogP contribution in [0, 0.1) is 0 Å². The lowest BCUT2D eigenvalue weighted by Gasteiger charge is -2.08. The van der Waals surface area contributed by atoms with Gasteiger partial charge in [-0.2, -0.15) is 0 Å². The highest BCUT2D eigenvalue weighted by Crippen LogP contribution is 1.90. The van der Waals surface area contributed by atoms with E-state index in [0.29, 0.717) is 6.04 Å². The Hall–Kier alpha value is -0.110. The summed E-state index contributed by atoms with van der Waals surface area (Å²) >= 11 is 5.02. The third kappa shape index (κ3) is 5.77. The van der Waals surface area contributed by atoms with Crippen molar-refractivity contribution in [3.05, 3.63) is 0 Å². The topological polar surface area (TPSA) is 12.0 Å². The van der Waals surface area contributed by atoms with Gasteiger partial charge in [0, 0.05) is 6.04 Å². The van der Waals surface area contributed by atoms with Crippen molar-refractivity contribution < 1.29 is 0 Å². The molecule has 0 aliphatic carbocycles. The first-order valence-corrected chi connectivity index (χ1v) is 3.87. The summed E-state index contributed by atoms with van der Waals surface area (Å²) in [6, 6.07) is 0.490. The van der Waals surface area contributed by atoms with Crippen LogP contribution >= 0.6 is 12.2 Å². The first-order valence-electron chi connectivity index (χ1n) is 3.46. The number of hydrogen-bond acceptors (Lipinski definition) is 1. The second kappa shape index (κ2) is 4.74. The molecule has 0 aromatic heterocycles. The highest BCUT2D eigenvalue weighted by Gasteiger charge is 1.94. The average Bonchev–Trinajstić information content (AvgIpc) is 1.63. The van der Waals surface area contributed by atoms with Crippen molar-refractivity contribution in [1.29, 1.82) is 0 Å². The van der Waals surface area contributed by atoms with Crippen molar-refractivity contribution in [2.45, 2.75) is 39.7 Å². The van der Waals surface area contributed by atoms with E-state index in [0.717, 1.165) is 17.8 Å². The summed E-state index contributed by atoms with van der Waals surface area (Å²) < 4.78 is 0. The SMILES string of the molecule is CCCC(=S)NC(C)C. The Labute approximate surface area is 62.8 Å². The average molecular weight is 145 g/mol. The molecular formula is C7H15NS. The summed E-state index contributed by atoms with van der Waals surface area (Å²) in [5.41, 5.74) is 0. The summed E-state index contributed by atoms with van der Waals surface area (Å²) in [6.45, 7) is 6.33. The largest absolute Gasteiger partial charge is 0.377 e. The van der Waals surface area contributed by atoms with Gasteiger partial charge >= 0.3 is 0 Å². The van der Waals surface area contributed by atoms with Crippen LogP contribution in [0.3, 0.4) is 0 Å². The standard InChI is InChI=1S/C7H15NS/c1-4-5-7(9)8-6(2)3/h6H,4-5H2,1-3H3,(H,8,9). The van der Waals surface area contributed by atoms with Crippen molar-refractivity contribution in [1.82, 2.24) is 5.32 Å². The fourth-order valence-corrected chi connectivity index (χ4v) is 1.06. The minimum absolute atomic E-state index is 0.490. The molecule has 0 bridgehead atoms. The Balaban J connectivity index is 3.27. The van der Waals surface area contributed by atoms with Crippen LogP contribution in [0.2, 0.25) is 0 Å². The molecule has 0 fully saturated rings. The summed E-state index contributed by atoms with van der Waals surface area (Å²) in [7, 11) is 0. The number of rotatable bonds is 3. The molecule has 0 atom stereocenters. The lowest BCUT2D eigenvalue weighted by Crippen LogP contribution is -2.28. The zero-order chi connectivity index (χ0) is 7.28. The van der Waals surface area contributed by atoms with Gasteiger partial charge in [0.15, 0.2) is 0 Å². The minimum atomic E-state index is 0.490. The molecule has 54 valence electrons. The molecule has 9 heavy (non-hydrogen) atoms. The molecule has 0 unspecified atom stereocenters. The fourth-order valence-electron chi connectivity index (χ4n) is 0.621. The van der Waals surface area contributed by atoms with Gasteiger partial charge in [-0.3, -0.25) is 0 Å². The van der Waals surface area contributed by atoms with Crippen LogP contribution in [-0.4, -0.2) is 11.0 Å². The first-order chi connectivity index (χ1) is 4.16. The Bertz CT molecular complexity index is 88.9. The van der Waals surface area contributed by atoms with Gasteiger partial charge in [0.2, 0.25) is 0 Å². The van der Waals surface area contributed by atoms with Crippen LogP contribution in [-0.2, 0) is 0 Å². The van der Waals surface area contributed by atoms with Gasteiger partial charge in [-0.15, -0.1) is 0 Å². The van der Waals surface area contributed by atoms with Crippen molar-refractivity contribution in [2.24, 2.45) is 0 Å². The van der Waals surface area contributed by atoms with Gasteiger partial charge < -0.3 is 5.32 Å². The summed E-state index contributed by atoms with van der Waals surface area (Å²) in [4.78, 5) is 0.993. The molecule has 0 aliphatic rings. The molecule has 0 heterocycles. The van der Waals surface area contributed by atoms with Gasteiger partial charge in [-0.1, -0.05) is 19.1 Å². The Kier molecular flexibility index (Phi) is 4.68. The third-order valence-electron chi connectivity index (χ3n) is 0.927. The molecule has 2 heteroatoms. The molecule has 0 aliphatic heterocycles. The van der Waals surface area contributed by atoms with Crippen molar-refractivity contribution >= 4 is 17.2 Å². The van der Waals surface area contributed by atoms with E-state index < -0.39 is 0 Å². The molecule has 1 nitrogen and oxygen atoms in total. The van der Waals surface area contributed by atoms with E-state index in [1.54, 1.807) is 0 Å². The van der Waals surface area contributed by atoms with E-state index >= 15 is 0 Å². The maximum atomic E-state index is 5.02. The monoisotopic (exact) mass is 145 g/mol. The van der Waals surface area contributed by atoms with E-state index in [4.69, 9.17) is 12.2 Å². The van der Waals surface area contributed by atoms with Crippen LogP contribution in [0.4, 0.5) is 0 Å². The molecule has 0 aromatic rings. The number of thiocarbonyl (C=S) groups is 1. The molecular weight excluding hydrogens is 130 g/mol. The molecule has 0 saturated carbocycles. The molecule has 0 aromatic carbocycles. The maximum absolute atomic E-state index is 5.02. The zero-order valence-corrected chi connectivity index (χ0v) is 7.22. The van der Waals surface area contributed by atoms with Crippen LogP contribution in [0.1, 0.15) is 33.6 Å². The predicted molar refractivity (Wildman–Crippen MR) is 45.8 cm³/mol. The fraction of sp³-hybridized carbons (Fsp3) is 0.857. The summed E-state index contributed by atoms with van der Waals surface area (Å²) in [5, 5.41) is 3.18. The lowest BCUT2D eigenvalue weighted by molar-refractivity contribution is 0.725. The van der Waals surface area contributed by atoms with Gasteiger partial charge in [0.25, 0.3) is 0 Å². The minimum Gasteiger partial charge on any atom is -0.377 e. The molecule has 0 saturated heterocycles. The van der Waals surface area contributed by atoms with Gasteiger partial charge in [-0.25, -0.2) is 0 Å². The Morgan fingerprint density at radius 3 is 2.44 bits per heavy atom. The molecule has 0 spiro atoms. The van der Waals surface area contributed by atoms with Crippen molar-refractivity contribution in [3.63, 3.8) is 0 Å². The second-order valence-electron chi connectivity index (χ2n) is 2.47. The van der Waals surface area contributed by atoms with Crippen LogP contribution in [0.5, 0.6) is 0 Å². The molecule has 0 radical (unpaired) electrons. The van der Waals surface area contributed by atoms with E-state index in [-0.39, 0.29) is 0 Å². The third-order valence-corrected chi connectivity index (χ3v) is 1.25. The Morgan fingerprint density at radius 2 is 2.11 bits per heavy atom. The maximum Gasteiger partial charge on any atom is 0.0755 e. The van der Waals surface area contributed by atoms with Gasteiger partial charge in [0.05, 0.1) is 4.99 Å². The molecule has 1 N–H and O–H groups in total. The molecule has 0 amide bonds. The molecule has 0 rings (SSSR count). The quantitative estimate of drug-likeness (QED) is 0.610.